The first-order valence-corrected chi connectivity index (χ1v) is 9.27. The van der Waals surface area contributed by atoms with E-state index in [1.54, 1.807) is 36.5 Å². The fraction of sp³-hybridized carbons (Fsp3) is 0.294. The van der Waals surface area contributed by atoms with E-state index in [0.29, 0.717) is 13.2 Å². The lowest BCUT2D eigenvalue weighted by atomic mass is 10.1. The summed E-state index contributed by atoms with van der Waals surface area (Å²) in [6.07, 6.45) is 1.63. The number of thioether (sulfide) groups is 1. The third-order valence-corrected chi connectivity index (χ3v) is 5.18. The minimum Gasteiger partial charge on any atom is -0.494 e. The summed E-state index contributed by atoms with van der Waals surface area (Å²) in [6.45, 7) is 3.37. The van der Waals surface area contributed by atoms with Gasteiger partial charge in [0, 0.05) is 23.8 Å². The highest BCUT2D eigenvalue weighted by Gasteiger charge is 2.13. The maximum absolute atomic E-state index is 5.51. The number of hydrogen-bond donors (Lipinski definition) is 0. The molecule has 0 aliphatic rings. The Morgan fingerprint density at radius 3 is 2.74 bits per heavy atom. The summed E-state index contributed by atoms with van der Waals surface area (Å²) in [4.78, 5) is 9.88. The van der Waals surface area contributed by atoms with Crippen molar-refractivity contribution in [1.29, 1.82) is 0 Å². The third-order valence-electron chi connectivity index (χ3n) is 3.34. The average molecular weight is 346 g/mol. The number of rotatable bonds is 7. The molecule has 0 atom stereocenters. The minimum absolute atomic E-state index is 0.675. The van der Waals surface area contributed by atoms with Gasteiger partial charge in [0.1, 0.15) is 21.9 Å². The van der Waals surface area contributed by atoms with Crippen molar-refractivity contribution in [3.05, 3.63) is 36.0 Å². The molecule has 0 radical (unpaired) electrons. The van der Waals surface area contributed by atoms with Gasteiger partial charge in [0.05, 0.1) is 18.6 Å². The van der Waals surface area contributed by atoms with Crippen LogP contribution in [0.1, 0.15) is 6.92 Å². The van der Waals surface area contributed by atoms with Crippen molar-refractivity contribution in [3.63, 3.8) is 0 Å². The number of nitrogens with zero attached hydrogens (tertiary/aromatic N) is 2. The fourth-order valence-corrected chi connectivity index (χ4v) is 4.19. The number of hydrogen-bond acceptors (Lipinski definition) is 6. The SMILES string of the molecule is CCOc1ccc(-c2csc3ncnc(SCCOC)c23)cc1. The van der Waals surface area contributed by atoms with Crippen molar-refractivity contribution in [1.82, 2.24) is 9.97 Å². The Hall–Kier alpha value is -1.63. The first kappa shape index (κ1) is 16.2. The number of ether oxygens (including phenoxy) is 2. The highest BCUT2D eigenvalue weighted by atomic mass is 32.2. The zero-order chi connectivity index (χ0) is 16.1. The minimum atomic E-state index is 0.675. The van der Waals surface area contributed by atoms with E-state index in [1.807, 2.05) is 19.1 Å². The van der Waals surface area contributed by atoms with Crippen LogP contribution in [0.25, 0.3) is 21.3 Å². The molecule has 0 saturated heterocycles. The molecule has 0 bridgehead atoms. The first-order chi connectivity index (χ1) is 11.3. The monoisotopic (exact) mass is 346 g/mol. The Labute approximate surface area is 143 Å². The molecule has 0 saturated carbocycles. The molecule has 120 valence electrons. The second-order valence-electron chi connectivity index (χ2n) is 4.81. The number of fused-ring (bicyclic) bond motifs is 1. The molecule has 0 spiro atoms. The maximum Gasteiger partial charge on any atom is 0.128 e. The molecule has 6 heteroatoms. The zero-order valence-corrected chi connectivity index (χ0v) is 14.7. The average Bonchev–Trinajstić information content (AvgIpc) is 3.01. The van der Waals surface area contributed by atoms with E-state index >= 15 is 0 Å². The van der Waals surface area contributed by atoms with E-state index in [1.165, 1.54) is 5.56 Å². The van der Waals surface area contributed by atoms with Crippen molar-refractivity contribution in [3.8, 4) is 16.9 Å². The van der Waals surface area contributed by atoms with E-state index < -0.39 is 0 Å². The van der Waals surface area contributed by atoms with Gasteiger partial charge in [-0.15, -0.1) is 23.1 Å². The highest BCUT2D eigenvalue weighted by molar-refractivity contribution is 7.99. The van der Waals surface area contributed by atoms with Gasteiger partial charge < -0.3 is 9.47 Å². The molecule has 2 aromatic heterocycles. The number of benzene rings is 1. The summed E-state index contributed by atoms with van der Waals surface area (Å²) in [6, 6.07) is 8.18. The number of methoxy groups -OCH3 is 1. The molecule has 0 N–H and O–H groups in total. The van der Waals surface area contributed by atoms with Crippen LogP contribution in [-0.4, -0.2) is 36.0 Å². The van der Waals surface area contributed by atoms with E-state index in [0.717, 1.165) is 32.3 Å². The van der Waals surface area contributed by atoms with Gasteiger partial charge in [0.15, 0.2) is 0 Å². The van der Waals surface area contributed by atoms with Crippen LogP contribution in [0.4, 0.5) is 0 Å². The number of aromatic nitrogens is 2. The second kappa shape index (κ2) is 7.77. The van der Waals surface area contributed by atoms with Gasteiger partial charge in [-0.2, -0.15) is 0 Å². The van der Waals surface area contributed by atoms with Gasteiger partial charge in [-0.3, -0.25) is 0 Å². The first-order valence-electron chi connectivity index (χ1n) is 7.40. The van der Waals surface area contributed by atoms with Crippen LogP contribution >= 0.6 is 23.1 Å². The quantitative estimate of drug-likeness (QED) is 0.358. The van der Waals surface area contributed by atoms with Crippen molar-refractivity contribution in [2.45, 2.75) is 11.9 Å². The van der Waals surface area contributed by atoms with Crippen LogP contribution in [-0.2, 0) is 4.74 Å². The van der Waals surface area contributed by atoms with Gasteiger partial charge in [0.2, 0.25) is 0 Å². The predicted octanol–water partition coefficient (Wildman–Crippen LogP) is 4.50. The Morgan fingerprint density at radius 2 is 2.00 bits per heavy atom. The summed E-state index contributed by atoms with van der Waals surface area (Å²) in [5.74, 6) is 1.77. The molecule has 1 aromatic carbocycles. The Balaban J connectivity index is 1.96. The van der Waals surface area contributed by atoms with Crippen LogP contribution < -0.4 is 4.74 Å². The fourth-order valence-electron chi connectivity index (χ4n) is 2.29. The molecular weight excluding hydrogens is 328 g/mol. The summed E-state index contributed by atoms with van der Waals surface area (Å²) in [7, 11) is 1.71. The molecule has 0 unspecified atom stereocenters. The summed E-state index contributed by atoms with van der Waals surface area (Å²) < 4.78 is 10.6. The summed E-state index contributed by atoms with van der Waals surface area (Å²) in [5.41, 5.74) is 2.33. The van der Waals surface area contributed by atoms with Crippen LogP contribution in [0.5, 0.6) is 5.75 Å². The van der Waals surface area contributed by atoms with E-state index in [9.17, 15) is 0 Å². The largest absolute Gasteiger partial charge is 0.494 e. The van der Waals surface area contributed by atoms with E-state index in [2.05, 4.69) is 27.5 Å². The Kier molecular flexibility index (Phi) is 5.48. The molecule has 3 rings (SSSR count). The van der Waals surface area contributed by atoms with Gasteiger partial charge in [0.25, 0.3) is 0 Å². The molecule has 4 nitrogen and oxygen atoms in total. The highest BCUT2D eigenvalue weighted by Crippen LogP contribution is 2.38. The van der Waals surface area contributed by atoms with Crippen molar-refractivity contribution < 1.29 is 9.47 Å². The molecule has 0 fully saturated rings. The van der Waals surface area contributed by atoms with Crippen LogP contribution in [0.3, 0.4) is 0 Å². The lowest BCUT2D eigenvalue weighted by Gasteiger charge is -2.06. The van der Waals surface area contributed by atoms with Crippen molar-refractivity contribution >= 4 is 33.3 Å². The maximum atomic E-state index is 5.51. The summed E-state index contributed by atoms with van der Waals surface area (Å²) in [5, 5.41) is 4.29. The molecule has 2 heterocycles. The van der Waals surface area contributed by atoms with Gasteiger partial charge >= 0.3 is 0 Å². The number of thiophene rings is 1. The van der Waals surface area contributed by atoms with Crippen LogP contribution in [0.15, 0.2) is 41.0 Å². The topological polar surface area (TPSA) is 44.2 Å². The normalized spacial score (nSPS) is 11.0. The van der Waals surface area contributed by atoms with Crippen LogP contribution in [0.2, 0.25) is 0 Å². The zero-order valence-electron chi connectivity index (χ0n) is 13.1. The summed E-state index contributed by atoms with van der Waals surface area (Å²) >= 11 is 3.35. The van der Waals surface area contributed by atoms with E-state index in [4.69, 9.17) is 9.47 Å². The Morgan fingerprint density at radius 1 is 1.17 bits per heavy atom. The molecule has 0 aliphatic carbocycles. The van der Waals surface area contributed by atoms with Gasteiger partial charge in [-0.1, -0.05) is 12.1 Å². The third kappa shape index (κ3) is 3.65. The standard InChI is InChI=1S/C17H18N2O2S2/c1-3-21-13-6-4-12(5-7-13)14-10-23-17-15(14)16(18-11-19-17)22-9-8-20-2/h4-7,10-11H,3,8-9H2,1-2H3. The molecular formula is C17H18N2O2S2. The molecule has 3 aromatic rings. The van der Waals surface area contributed by atoms with Crippen molar-refractivity contribution in [2.75, 3.05) is 26.1 Å². The van der Waals surface area contributed by atoms with Gasteiger partial charge in [-0.05, 0) is 24.6 Å². The van der Waals surface area contributed by atoms with Crippen molar-refractivity contribution in [2.24, 2.45) is 0 Å². The molecule has 0 amide bonds. The van der Waals surface area contributed by atoms with Crippen LogP contribution in [0, 0.1) is 0 Å². The van der Waals surface area contributed by atoms with E-state index in [-0.39, 0.29) is 0 Å². The predicted molar refractivity (Wildman–Crippen MR) is 96.6 cm³/mol. The smallest absolute Gasteiger partial charge is 0.128 e. The second-order valence-corrected chi connectivity index (χ2v) is 6.75. The molecule has 0 aliphatic heterocycles. The lowest BCUT2D eigenvalue weighted by molar-refractivity contribution is 0.218. The molecule has 23 heavy (non-hydrogen) atoms. The Bertz CT molecular complexity index is 772. The van der Waals surface area contributed by atoms with Gasteiger partial charge in [-0.25, -0.2) is 9.97 Å². The lowest BCUT2D eigenvalue weighted by Crippen LogP contribution is -1.93.